The molecule has 0 radical (unpaired) electrons. The Balaban J connectivity index is 1.49. The van der Waals surface area contributed by atoms with Gasteiger partial charge in [0.05, 0.1) is 6.54 Å². The van der Waals surface area contributed by atoms with Crippen molar-refractivity contribution < 1.29 is 9.59 Å². The third kappa shape index (κ3) is 5.12. The summed E-state index contributed by atoms with van der Waals surface area (Å²) in [5.41, 5.74) is 5.86. The molecule has 0 fully saturated rings. The van der Waals surface area contributed by atoms with E-state index in [1.54, 1.807) is 6.07 Å². The van der Waals surface area contributed by atoms with Crippen molar-refractivity contribution in [2.45, 2.75) is 12.8 Å². The van der Waals surface area contributed by atoms with E-state index in [0.29, 0.717) is 12.1 Å². The molecule has 0 saturated carbocycles. The monoisotopic (exact) mass is 454 g/mol. The second-order valence-electron chi connectivity index (χ2n) is 8.63. The molecule has 1 atom stereocenters. The normalized spacial score (nSPS) is 11.7. The molecular formula is C28H30N4O2. The van der Waals surface area contributed by atoms with E-state index in [2.05, 4.69) is 50.8 Å². The van der Waals surface area contributed by atoms with Gasteiger partial charge in [0.25, 0.3) is 5.91 Å². The molecule has 0 aliphatic heterocycles. The highest BCUT2D eigenvalue weighted by molar-refractivity contribution is 5.97. The number of H-pyrrole nitrogens is 1. The lowest BCUT2D eigenvalue weighted by Gasteiger charge is -2.20. The first-order chi connectivity index (χ1) is 16.4. The third-order valence-electron chi connectivity index (χ3n) is 6.11. The molecule has 4 aromatic rings. The van der Waals surface area contributed by atoms with Gasteiger partial charge in [0.1, 0.15) is 0 Å². The average molecular weight is 455 g/mol. The highest BCUT2D eigenvalue weighted by Gasteiger charge is 2.20. The quantitative estimate of drug-likeness (QED) is 0.373. The number of nitrogens with one attached hydrogen (secondary N) is 3. The Bertz CT molecular complexity index is 1290. The first-order valence-corrected chi connectivity index (χ1v) is 11.4. The van der Waals surface area contributed by atoms with Crippen LogP contribution in [0, 0.1) is 6.92 Å². The maximum atomic E-state index is 12.6. The van der Waals surface area contributed by atoms with E-state index in [-0.39, 0.29) is 24.3 Å². The van der Waals surface area contributed by atoms with Crippen molar-refractivity contribution >= 4 is 28.4 Å². The molecule has 0 spiro atoms. The first kappa shape index (κ1) is 23.1. The van der Waals surface area contributed by atoms with Crippen LogP contribution in [0.2, 0.25) is 0 Å². The zero-order chi connectivity index (χ0) is 24.1. The number of nitrogens with zero attached hydrogens (tertiary/aromatic N) is 1. The van der Waals surface area contributed by atoms with Crippen molar-refractivity contribution in [1.82, 2.24) is 15.6 Å². The molecule has 0 aliphatic carbocycles. The number of aromatic nitrogens is 1. The second-order valence-corrected chi connectivity index (χ2v) is 8.63. The Hall–Kier alpha value is -4.06. The van der Waals surface area contributed by atoms with Gasteiger partial charge in [-0.3, -0.25) is 9.59 Å². The number of fused-ring (bicyclic) bond motifs is 1. The molecule has 1 heterocycles. The minimum atomic E-state index is -0.249. The summed E-state index contributed by atoms with van der Waals surface area (Å²) < 4.78 is 0. The van der Waals surface area contributed by atoms with Gasteiger partial charge in [0.2, 0.25) is 5.91 Å². The van der Waals surface area contributed by atoms with Gasteiger partial charge in [-0.15, -0.1) is 0 Å². The summed E-state index contributed by atoms with van der Waals surface area (Å²) in [5, 5.41) is 6.87. The molecule has 4 rings (SSSR count). The van der Waals surface area contributed by atoms with E-state index >= 15 is 0 Å². The smallest absolute Gasteiger partial charge is 0.251 e. The summed E-state index contributed by atoms with van der Waals surface area (Å²) in [6.45, 7) is 2.22. The number of para-hydroxylation sites is 1. The molecule has 3 aromatic carbocycles. The summed E-state index contributed by atoms with van der Waals surface area (Å²) >= 11 is 0. The lowest BCUT2D eigenvalue weighted by molar-refractivity contribution is -0.120. The van der Waals surface area contributed by atoms with Crippen molar-refractivity contribution in [3.8, 4) is 0 Å². The van der Waals surface area contributed by atoms with Crippen LogP contribution < -0.4 is 15.5 Å². The molecule has 0 bridgehead atoms. The van der Waals surface area contributed by atoms with Gasteiger partial charge >= 0.3 is 0 Å². The van der Waals surface area contributed by atoms with Gasteiger partial charge in [0, 0.05) is 54.9 Å². The van der Waals surface area contributed by atoms with Gasteiger partial charge < -0.3 is 20.5 Å². The second kappa shape index (κ2) is 10.3. The molecule has 1 unspecified atom stereocenters. The van der Waals surface area contributed by atoms with E-state index in [0.717, 1.165) is 33.3 Å². The van der Waals surface area contributed by atoms with Crippen LogP contribution in [0.1, 0.15) is 33.0 Å². The molecule has 1 aromatic heterocycles. The van der Waals surface area contributed by atoms with E-state index in [1.165, 1.54) is 0 Å². The predicted octanol–water partition coefficient (Wildman–Crippen LogP) is 4.22. The van der Waals surface area contributed by atoms with E-state index in [4.69, 9.17) is 0 Å². The fourth-order valence-corrected chi connectivity index (χ4v) is 4.16. The maximum Gasteiger partial charge on any atom is 0.251 e. The zero-order valence-corrected chi connectivity index (χ0v) is 19.8. The number of amides is 2. The van der Waals surface area contributed by atoms with Crippen molar-refractivity contribution in [1.29, 1.82) is 0 Å². The van der Waals surface area contributed by atoms with Gasteiger partial charge in [-0.2, -0.15) is 0 Å². The summed E-state index contributed by atoms with van der Waals surface area (Å²) in [6, 6.07) is 23.9. The molecule has 174 valence electrons. The number of rotatable bonds is 8. The molecule has 34 heavy (non-hydrogen) atoms. The summed E-state index contributed by atoms with van der Waals surface area (Å²) in [7, 11) is 4.02. The van der Waals surface area contributed by atoms with Crippen molar-refractivity contribution in [2.75, 3.05) is 32.1 Å². The highest BCUT2D eigenvalue weighted by atomic mass is 16.2. The van der Waals surface area contributed by atoms with Crippen LogP contribution in [0.4, 0.5) is 5.69 Å². The Morgan fingerprint density at radius 2 is 1.62 bits per heavy atom. The average Bonchev–Trinajstić information content (AvgIpc) is 3.27. The molecule has 6 nitrogen and oxygen atoms in total. The van der Waals surface area contributed by atoms with Crippen LogP contribution >= 0.6 is 0 Å². The van der Waals surface area contributed by atoms with E-state index < -0.39 is 0 Å². The molecule has 3 N–H and O–H groups in total. The summed E-state index contributed by atoms with van der Waals surface area (Å²) in [5.74, 6) is -0.513. The molecular weight excluding hydrogens is 424 g/mol. The molecule has 6 heteroatoms. The van der Waals surface area contributed by atoms with Crippen LogP contribution in [0.3, 0.4) is 0 Å². The van der Waals surface area contributed by atoms with Crippen LogP contribution in [-0.2, 0) is 4.79 Å². The molecule has 0 saturated heterocycles. The van der Waals surface area contributed by atoms with Gasteiger partial charge in [0.15, 0.2) is 0 Å². The van der Waals surface area contributed by atoms with Gasteiger partial charge in [-0.05, 0) is 47.9 Å². The fraction of sp³-hybridized carbons (Fsp3) is 0.214. The minimum absolute atomic E-state index is 0.0385. The van der Waals surface area contributed by atoms with Crippen LogP contribution in [0.15, 0.2) is 79.0 Å². The van der Waals surface area contributed by atoms with Gasteiger partial charge in [-0.25, -0.2) is 0 Å². The van der Waals surface area contributed by atoms with E-state index in [1.807, 2.05) is 63.6 Å². The molecule has 0 aliphatic rings. The van der Waals surface area contributed by atoms with Crippen LogP contribution in [0.5, 0.6) is 0 Å². The van der Waals surface area contributed by atoms with Crippen molar-refractivity contribution in [2.24, 2.45) is 0 Å². The third-order valence-corrected chi connectivity index (χ3v) is 6.11. The highest BCUT2D eigenvalue weighted by Crippen LogP contribution is 2.31. The fourth-order valence-electron chi connectivity index (χ4n) is 4.16. The lowest BCUT2D eigenvalue weighted by atomic mass is 9.90. The number of hydrogen-bond donors (Lipinski definition) is 3. The largest absolute Gasteiger partial charge is 0.378 e. The number of anilines is 1. The number of carbonyl (C=O) groups excluding carboxylic acids is 2. The van der Waals surface area contributed by atoms with Crippen molar-refractivity contribution in [3.05, 3.63) is 101 Å². The Kier molecular flexibility index (Phi) is 6.97. The lowest BCUT2D eigenvalue weighted by Crippen LogP contribution is -2.38. The Labute approximate surface area is 200 Å². The van der Waals surface area contributed by atoms with Crippen LogP contribution in [-0.4, -0.2) is 44.0 Å². The number of benzene rings is 3. The van der Waals surface area contributed by atoms with E-state index in [9.17, 15) is 9.59 Å². The SMILES string of the molecule is Cc1ccccc1C(=O)NCC(=O)NCC(c1ccc(N(C)C)cc1)c1c[nH]c2ccccc12. The standard InChI is InChI=1S/C28H30N4O2/c1-19-8-4-5-9-22(19)28(34)31-18-27(33)30-16-24(20-12-14-21(15-13-20)32(2)3)25-17-29-26-11-7-6-10-23(25)26/h4-15,17,24,29H,16,18H2,1-3H3,(H,30,33)(H,31,34). The summed E-state index contributed by atoms with van der Waals surface area (Å²) in [6.07, 6.45) is 2.02. The number of aryl methyl sites for hydroxylation is 1. The maximum absolute atomic E-state index is 12.6. The number of aromatic amines is 1. The first-order valence-electron chi connectivity index (χ1n) is 11.4. The van der Waals surface area contributed by atoms with Gasteiger partial charge in [-0.1, -0.05) is 48.5 Å². The summed E-state index contributed by atoms with van der Waals surface area (Å²) in [4.78, 5) is 30.5. The Morgan fingerprint density at radius 1 is 0.912 bits per heavy atom. The number of hydrogen-bond acceptors (Lipinski definition) is 3. The minimum Gasteiger partial charge on any atom is -0.378 e. The predicted molar refractivity (Wildman–Crippen MR) is 137 cm³/mol. The topological polar surface area (TPSA) is 77.2 Å². The van der Waals surface area contributed by atoms with Crippen LogP contribution in [0.25, 0.3) is 10.9 Å². The zero-order valence-electron chi connectivity index (χ0n) is 19.8. The molecule has 2 amide bonds. The number of carbonyl (C=O) groups is 2. The Morgan fingerprint density at radius 3 is 2.35 bits per heavy atom. The van der Waals surface area contributed by atoms with Crippen molar-refractivity contribution in [3.63, 3.8) is 0 Å².